The number of ether oxygens (including phenoxy) is 1. The summed E-state index contributed by atoms with van der Waals surface area (Å²) >= 11 is 0. The van der Waals surface area contributed by atoms with Gasteiger partial charge in [-0.2, -0.15) is 0 Å². The molecule has 21 heavy (non-hydrogen) atoms. The second-order valence-corrected chi connectivity index (χ2v) is 6.91. The van der Waals surface area contributed by atoms with E-state index in [0.29, 0.717) is 11.3 Å². The molecule has 0 spiro atoms. The maximum absolute atomic E-state index is 5.29. The van der Waals surface area contributed by atoms with Gasteiger partial charge in [0.2, 0.25) is 0 Å². The molecule has 118 valence electrons. The van der Waals surface area contributed by atoms with Gasteiger partial charge < -0.3 is 10.1 Å². The van der Waals surface area contributed by atoms with Crippen molar-refractivity contribution in [1.29, 1.82) is 0 Å². The molecule has 1 aromatic carbocycles. The van der Waals surface area contributed by atoms with Gasteiger partial charge in [0.05, 0.1) is 0 Å². The lowest BCUT2D eigenvalue weighted by molar-refractivity contribution is 0.177. The molecular formula is C19H31NO. The quantitative estimate of drug-likeness (QED) is 0.732. The predicted molar refractivity (Wildman–Crippen MR) is 89.9 cm³/mol. The van der Waals surface area contributed by atoms with Crippen molar-refractivity contribution in [1.82, 2.24) is 5.32 Å². The van der Waals surface area contributed by atoms with Crippen molar-refractivity contribution in [2.45, 2.75) is 51.4 Å². The summed E-state index contributed by atoms with van der Waals surface area (Å²) in [5.41, 5.74) is 3.46. The fraction of sp³-hybridized carbons (Fsp3) is 0.684. The van der Waals surface area contributed by atoms with Crippen LogP contribution in [0.2, 0.25) is 0 Å². The maximum Gasteiger partial charge on any atom is 0.0462 e. The second-order valence-electron chi connectivity index (χ2n) is 6.91. The fourth-order valence-corrected chi connectivity index (χ4v) is 3.69. The van der Waals surface area contributed by atoms with E-state index in [1.54, 1.807) is 18.2 Å². The zero-order valence-corrected chi connectivity index (χ0v) is 14.0. The molecule has 0 aromatic heterocycles. The first-order valence-electron chi connectivity index (χ1n) is 8.46. The SMILES string of the molecule is COCCCC1(CNCC(C)C)CCCc2ccccc21. The van der Waals surface area contributed by atoms with Crippen LogP contribution in [0.1, 0.15) is 50.7 Å². The van der Waals surface area contributed by atoms with Crippen LogP contribution >= 0.6 is 0 Å². The fourth-order valence-electron chi connectivity index (χ4n) is 3.69. The average molecular weight is 289 g/mol. The first kappa shape index (κ1) is 16.5. The molecule has 0 bridgehead atoms. The van der Waals surface area contributed by atoms with E-state index >= 15 is 0 Å². The Morgan fingerprint density at radius 2 is 2.10 bits per heavy atom. The van der Waals surface area contributed by atoms with Crippen LogP contribution in [-0.2, 0) is 16.6 Å². The lowest BCUT2D eigenvalue weighted by Gasteiger charge is -2.40. The molecule has 0 heterocycles. The molecule has 0 fully saturated rings. The van der Waals surface area contributed by atoms with Crippen molar-refractivity contribution >= 4 is 0 Å². The molecule has 2 heteroatoms. The van der Waals surface area contributed by atoms with Gasteiger partial charge in [-0.05, 0) is 55.7 Å². The molecular weight excluding hydrogens is 258 g/mol. The summed E-state index contributed by atoms with van der Waals surface area (Å²) in [7, 11) is 1.80. The minimum atomic E-state index is 0.308. The third kappa shape index (κ3) is 4.31. The summed E-state index contributed by atoms with van der Waals surface area (Å²) in [4.78, 5) is 0. The van der Waals surface area contributed by atoms with Crippen LogP contribution in [-0.4, -0.2) is 26.8 Å². The first-order valence-corrected chi connectivity index (χ1v) is 8.46. The molecule has 2 nitrogen and oxygen atoms in total. The van der Waals surface area contributed by atoms with Crippen molar-refractivity contribution in [3.63, 3.8) is 0 Å². The molecule has 0 radical (unpaired) electrons. The summed E-state index contributed by atoms with van der Waals surface area (Å²) in [5, 5.41) is 3.72. The van der Waals surface area contributed by atoms with Gasteiger partial charge in [-0.3, -0.25) is 0 Å². The third-order valence-corrected chi connectivity index (χ3v) is 4.71. The van der Waals surface area contributed by atoms with Crippen molar-refractivity contribution < 1.29 is 4.74 Å². The molecule has 0 saturated carbocycles. The summed E-state index contributed by atoms with van der Waals surface area (Å²) in [5.74, 6) is 0.708. The Balaban J connectivity index is 2.15. The highest BCUT2D eigenvalue weighted by Crippen LogP contribution is 2.40. The van der Waals surface area contributed by atoms with Crippen molar-refractivity contribution in [2.75, 3.05) is 26.8 Å². The topological polar surface area (TPSA) is 21.3 Å². The van der Waals surface area contributed by atoms with E-state index in [4.69, 9.17) is 4.74 Å². The van der Waals surface area contributed by atoms with Gasteiger partial charge in [0.15, 0.2) is 0 Å². The van der Waals surface area contributed by atoms with Gasteiger partial charge in [-0.1, -0.05) is 38.1 Å². The summed E-state index contributed by atoms with van der Waals surface area (Å²) in [6, 6.07) is 9.07. The van der Waals surface area contributed by atoms with Gasteiger partial charge in [0.25, 0.3) is 0 Å². The van der Waals surface area contributed by atoms with Crippen molar-refractivity contribution in [3.8, 4) is 0 Å². The number of fused-ring (bicyclic) bond motifs is 1. The van der Waals surface area contributed by atoms with Crippen molar-refractivity contribution in [2.24, 2.45) is 5.92 Å². The molecule has 1 aliphatic carbocycles. The number of nitrogens with one attached hydrogen (secondary N) is 1. The molecule has 0 saturated heterocycles. The molecule has 2 rings (SSSR count). The van der Waals surface area contributed by atoms with E-state index in [2.05, 4.69) is 43.4 Å². The Labute approximate surface area is 130 Å². The minimum absolute atomic E-state index is 0.308. The Kier molecular flexibility index (Phi) is 6.25. The van der Waals surface area contributed by atoms with Crippen molar-refractivity contribution in [3.05, 3.63) is 35.4 Å². The number of hydrogen-bond acceptors (Lipinski definition) is 2. The highest BCUT2D eigenvalue weighted by molar-refractivity contribution is 5.37. The molecule has 1 atom stereocenters. The Bertz CT molecular complexity index is 429. The number of benzene rings is 1. The van der Waals surface area contributed by atoms with Crippen LogP contribution in [0.4, 0.5) is 0 Å². The van der Waals surface area contributed by atoms with E-state index < -0.39 is 0 Å². The lowest BCUT2D eigenvalue weighted by Crippen LogP contribution is -2.42. The zero-order valence-electron chi connectivity index (χ0n) is 14.0. The average Bonchev–Trinajstić information content (AvgIpc) is 2.48. The number of rotatable bonds is 8. The highest BCUT2D eigenvalue weighted by atomic mass is 16.5. The monoisotopic (exact) mass is 289 g/mol. The highest BCUT2D eigenvalue weighted by Gasteiger charge is 2.35. The zero-order chi connectivity index (χ0) is 15.1. The largest absolute Gasteiger partial charge is 0.385 e. The van der Waals surface area contributed by atoms with E-state index in [-0.39, 0.29) is 0 Å². The predicted octanol–water partition coefficient (Wildman–Crippen LogP) is 3.93. The molecule has 1 aliphatic rings. The van der Waals surface area contributed by atoms with Crippen LogP contribution in [0.25, 0.3) is 0 Å². The van der Waals surface area contributed by atoms with Gasteiger partial charge in [0, 0.05) is 25.7 Å². The number of methoxy groups -OCH3 is 1. The van der Waals surface area contributed by atoms with Crippen LogP contribution < -0.4 is 5.32 Å². The number of aryl methyl sites for hydroxylation is 1. The van der Waals surface area contributed by atoms with Gasteiger partial charge in [-0.15, -0.1) is 0 Å². The van der Waals surface area contributed by atoms with E-state index in [0.717, 1.165) is 26.1 Å². The molecule has 1 unspecified atom stereocenters. The van der Waals surface area contributed by atoms with Gasteiger partial charge in [-0.25, -0.2) is 0 Å². The van der Waals surface area contributed by atoms with E-state index in [1.807, 2.05) is 0 Å². The lowest BCUT2D eigenvalue weighted by atomic mass is 9.67. The Morgan fingerprint density at radius 3 is 2.86 bits per heavy atom. The standard InChI is InChI=1S/C19H31NO/c1-16(2)14-20-15-19(12-7-13-21-3)11-6-9-17-8-4-5-10-18(17)19/h4-5,8,10,16,20H,6-7,9,11-15H2,1-3H3. The van der Waals surface area contributed by atoms with Crippen LogP contribution in [0.15, 0.2) is 24.3 Å². The molecule has 0 amide bonds. The smallest absolute Gasteiger partial charge is 0.0462 e. The summed E-state index contributed by atoms with van der Waals surface area (Å²) < 4.78 is 5.29. The first-order chi connectivity index (χ1) is 10.2. The van der Waals surface area contributed by atoms with Crippen LogP contribution in [0.5, 0.6) is 0 Å². The van der Waals surface area contributed by atoms with E-state index in [1.165, 1.54) is 25.7 Å². The Hall–Kier alpha value is -0.860. The molecule has 0 aliphatic heterocycles. The van der Waals surface area contributed by atoms with Crippen LogP contribution in [0.3, 0.4) is 0 Å². The molecule has 1 N–H and O–H groups in total. The van der Waals surface area contributed by atoms with E-state index in [9.17, 15) is 0 Å². The summed E-state index contributed by atoms with van der Waals surface area (Å²) in [6.07, 6.45) is 6.23. The molecule has 1 aromatic rings. The summed E-state index contributed by atoms with van der Waals surface area (Å²) in [6.45, 7) is 7.63. The third-order valence-electron chi connectivity index (χ3n) is 4.71. The normalized spacial score (nSPS) is 21.5. The Morgan fingerprint density at radius 1 is 1.29 bits per heavy atom. The van der Waals surface area contributed by atoms with Crippen LogP contribution in [0, 0.1) is 5.92 Å². The van der Waals surface area contributed by atoms with Gasteiger partial charge >= 0.3 is 0 Å². The minimum Gasteiger partial charge on any atom is -0.385 e. The number of hydrogen-bond donors (Lipinski definition) is 1. The maximum atomic E-state index is 5.29. The second kappa shape index (κ2) is 7.95. The van der Waals surface area contributed by atoms with Gasteiger partial charge in [0.1, 0.15) is 0 Å².